The molecule has 2 aromatic rings. The quantitative estimate of drug-likeness (QED) is 0.536. The van der Waals surface area contributed by atoms with Crippen LogP contribution in [-0.4, -0.2) is 43.8 Å². The van der Waals surface area contributed by atoms with Gasteiger partial charge in [0.25, 0.3) is 5.69 Å². The van der Waals surface area contributed by atoms with E-state index in [0.717, 1.165) is 5.56 Å². The molecular weight excluding hydrogens is 422 g/mol. The second-order valence-corrected chi connectivity index (χ2v) is 9.46. The van der Waals surface area contributed by atoms with E-state index >= 15 is 0 Å². The minimum Gasteiger partial charge on any atom is -0.495 e. The van der Waals surface area contributed by atoms with Crippen LogP contribution in [-0.2, 0) is 14.8 Å². The number of carbonyl (C=O) groups is 1. The lowest BCUT2D eigenvalue weighted by molar-refractivity contribution is -0.385. The number of aryl methyl sites for hydroxylation is 1. The molecule has 1 atom stereocenters. The number of nitrogens with one attached hydrogen (secondary N) is 1. The molecular formula is C21H25N3O6S. The minimum absolute atomic E-state index is 0.0270. The van der Waals surface area contributed by atoms with Gasteiger partial charge in [0.05, 0.1) is 29.2 Å². The maximum absolute atomic E-state index is 13.3. The van der Waals surface area contributed by atoms with Crippen molar-refractivity contribution < 1.29 is 22.9 Å². The zero-order valence-electron chi connectivity index (χ0n) is 17.6. The lowest BCUT2D eigenvalue weighted by atomic mass is 9.98. The van der Waals surface area contributed by atoms with Crippen LogP contribution >= 0.6 is 0 Å². The topological polar surface area (TPSA) is 119 Å². The average Bonchev–Trinajstić information content (AvgIpc) is 2.75. The molecule has 0 saturated carbocycles. The van der Waals surface area contributed by atoms with Gasteiger partial charge in [-0.05, 0) is 50.5 Å². The normalized spacial score (nSPS) is 17.2. The van der Waals surface area contributed by atoms with E-state index in [1.54, 1.807) is 38.1 Å². The summed E-state index contributed by atoms with van der Waals surface area (Å²) in [5.41, 5.74) is 1.40. The Morgan fingerprint density at radius 1 is 1.26 bits per heavy atom. The number of sulfonamides is 1. The first-order valence-corrected chi connectivity index (χ1v) is 11.3. The van der Waals surface area contributed by atoms with E-state index in [4.69, 9.17) is 4.74 Å². The highest BCUT2D eigenvalue weighted by molar-refractivity contribution is 7.89. The van der Waals surface area contributed by atoms with Crippen LogP contribution in [0.2, 0.25) is 0 Å². The lowest BCUT2D eigenvalue weighted by Gasteiger charge is -2.31. The van der Waals surface area contributed by atoms with Gasteiger partial charge in [0.1, 0.15) is 10.6 Å². The van der Waals surface area contributed by atoms with Crippen molar-refractivity contribution in [2.75, 3.05) is 25.5 Å². The molecule has 0 bridgehead atoms. The Bertz CT molecular complexity index is 1120. The number of amides is 1. The molecule has 1 unspecified atom stereocenters. The van der Waals surface area contributed by atoms with E-state index in [9.17, 15) is 23.3 Å². The molecule has 1 aliphatic heterocycles. The highest BCUT2D eigenvalue weighted by Crippen LogP contribution is 2.31. The number of ether oxygens (including phenoxy) is 1. The number of nitro benzene ring substituents is 1. The molecule has 0 aliphatic carbocycles. The fraction of sp³-hybridized carbons (Fsp3) is 0.381. The first-order valence-electron chi connectivity index (χ1n) is 9.84. The van der Waals surface area contributed by atoms with E-state index < -0.39 is 20.9 Å². The molecule has 1 amide bonds. The molecule has 2 aromatic carbocycles. The summed E-state index contributed by atoms with van der Waals surface area (Å²) in [5, 5.41) is 13.9. The van der Waals surface area contributed by atoms with Gasteiger partial charge in [-0.15, -0.1) is 0 Å². The third-order valence-electron chi connectivity index (χ3n) is 5.45. The summed E-state index contributed by atoms with van der Waals surface area (Å²) in [6.45, 7) is 3.69. The molecule has 1 saturated heterocycles. The number of nitro groups is 1. The van der Waals surface area contributed by atoms with Gasteiger partial charge in [-0.2, -0.15) is 4.31 Å². The Balaban J connectivity index is 1.81. The summed E-state index contributed by atoms with van der Waals surface area (Å²) in [6.07, 6.45) is 1.05. The monoisotopic (exact) mass is 447 g/mol. The van der Waals surface area contributed by atoms with Gasteiger partial charge in [-0.25, -0.2) is 8.42 Å². The van der Waals surface area contributed by atoms with Crippen molar-refractivity contribution >= 4 is 27.3 Å². The smallest absolute Gasteiger partial charge is 0.274 e. The molecule has 0 radical (unpaired) electrons. The third kappa shape index (κ3) is 4.70. The molecule has 1 fully saturated rings. The van der Waals surface area contributed by atoms with Crippen molar-refractivity contribution in [3.8, 4) is 5.75 Å². The highest BCUT2D eigenvalue weighted by Gasteiger charge is 2.35. The van der Waals surface area contributed by atoms with Crippen LogP contribution in [0.25, 0.3) is 0 Å². The number of hydrogen-bond donors (Lipinski definition) is 1. The number of hydrogen-bond acceptors (Lipinski definition) is 6. The van der Waals surface area contributed by atoms with Crippen molar-refractivity contribution in [3.05, 3.63) is 57.6 Å². The number of anilines is 1. The number of methoxy groups -OCH3 is 1. The van der Waals surface area contributed by atoms with Crippen LogP contribution in [0.15, 0.2) is 41.3 Å². The summed E-state index contributed by atoms with van der Waals surface area (Å²) in [4.78, 5) is 23.6. The number of nitrogens with zero attached hydrogens (tertiary/aromatic N) is 2. The molecule has 0 spiro atoms. The fourth-order valence-corrected chi connectivity index (χ4v) is 5.46. The van der Waals surface area contributed by atoms with Crippen molar-refractivity contribution in [2.45, 2.75) is 31.6 Å². The zero-order chi connectivity index (χ0) is 22.8. The molecule has 9 nitrogen and oxygen atoms in total. The van der Waals surface area contributed by atoms with Gasteiger partial charge in [0, 0.05) is 19.2 Å². The molecule has 0 aromatic heterocycles. The predicted octanol–water partition coefficient (Wildman–Crippen LogP) is 3.26. The van der Waals surface area contributed by atoms with Crippen molar-refractivity contribution in [3.63, 3.8) is 0 Å². The first kappa shape index (κ1) is 22.7. The number of rotatable bonds is 6. The predicted molar refractivity (Wildman–Crippen MR) is 116 cm³/mol. The van der Waals surface area contributed by atoms with E-state index in [1.165, 1.54) is 23.5 Å². The van der Waals surface area contributed by atoms with Gasteiger partial charge in [0.2, 0.25) is 15.9 Å². The number of benzene rings is 2. The Labute approximate surface area is 181 Å². The first-order chi connectivity index (χ1) is 14.6. The zero-order valence-corrected chi connectivity index (χ0v) is 18.4. The summed E-state index contributed by atoms with van der Waals surface area (Å²) in [5.74, 6) is -0.679. The standard InChI is InChI=1S/C21H25N3O6S/c1-14-9-10-19(30-3)20(12-14)31(28,29)23-11-5-6-16(13-23)21(25)22-17-7-4-8-18(15(17)2)24(26)27/h4,7-10,12,16H,5-6,11,13H2,1-3H3,(H,22,25). The van der Waals surface area contributed by atoms with Crippen LogP contribution in [0.4, 0.5) is 11.4 Å². The fourth-order valence-electron chi connectivity index (χ4n) is 3.69. The Morgan fingerprint density at radius 3 is 2.68 bits per heavy atom. The van der Waals surface area contributed by atoms with Crippen LogP contribution in [0, 0.1) is 29.9 Å². The van der Waals surface area contributed by atoms with Crippen LogP contribution in [0.5, 0.6) is 5.75 Å². The summed E-state index contributed by atoms with van der Waals surface area (Å²) in [6, 6.07) is 9.41. The Morgan fingerprint density at radius 2 is 2.00 bits per heavy atom. The Kier molecular flexibility index (Phi) is 6.61. The van der Waals surface area contributed by atoms with Crippen LogP contribution < -0.4 is 10.1 Å². The van der Waals surface area contributed by atoms with Gasteiger partial charge < -0.3 is 10.1 Å². The lowest BCUT2D eigenvalue weighted by Crippen LogP contribution is -2.43. The Hall–Kier alpha value is -2.98. The molecule has 1 aliphatic rings. The van der Waals surface area contributed by atoms with E-state index in [-0.39, 0.29) is 28.8 Å². The highest BCUT2D eigenvalue weighted by atomic mass is 32.2. The number of piperidine rings is 1. The minimum atomic E-state index is -3.85. The largest absolute Gasteiger partial charge is 0.495 e. The van der Waals surface area contributed by atoms with Gasteiger partial charge in [-0.1, -0.05) is 12.1 Å². The average molecular weight is 448 g/mol. The molecule has 31 heavy (non-hydrogen) atoms. The third-order valence-corrected chi connectivity index (χ3v) is 7.34. The van der Waals surface area contributed by atoms with Crippen molar-refractivity contribution in [2.24, 2.45) is 5.92 Å². The van der Waals surface area contributed by atoms with E-state index in [0.29, 0.717) is 30.6 Å². The van der Waals surface area contributed by atoms with Crippen LogP contribution in [0.3, 0.4) is 0 Å². The van der Waals surface area contributed by atoms with Crippen LogP contribution in [0.1, 0.15) is 24.0 Å². The van der Waals surface area contributed by atoms with Gasteiger partial charge >= 0.3 is 0 Å². The van der Waals surface area contributed by atoms with E-state index in [2.05, 4.69) is 5.32 Å². The SMILES string of the molecule is COc1ccc(C)cc1S(=O)(=O)N1CCCC(C(=O)Nc2cccc([N+](=O)[O-])c2C)C1. The van der Waals surface area contributed by atoms with Crippen molar-refractivity contribution in [1.82, 2.24) is 4.31 Å². The maximum atomic E-state index is 13.3. The molecule has 1 heterocycles. The summed E-state index contributed by atoms with van der Waals surface area (Å²) >= 11 is 0. The van der Waals surface area contributed by atoms with E-state index in [1.807, 2.05) is 0 Å². The number of carbonyl (C=O) groups excluding carboxylic acids is 1. The maximum Gasteiger partial charge on any atom is 0.274 e. The molecule has 10 heteroatoms. The molecule has 1 N–H and O–H groups in total. The van der Waals surface area contributed by atoms with Crippen molar-refractivity contribution in [1.29, 1.82) is 0 Å². The summed E-state index contributed by atoms with van der Waals surface area (Å²) in [7, 11) is -2.44. The molecule has 166 valence electrons. The van der Waals surface area contributed by atoms with Gasteiger partial charge in [0.15, 0.2) is 0 Å². The molecule has 3 rings (SSSR count). The second kappa shape index (κ2) is 9.03. The summed E-state index contributed by atoms with van der Waals surface area (Å²) < 4.78 is 33.1. The second-order valence-electron chi connectivity index (χ2n) is 7.55. The van der Waals surface area contributed by atoms with Gasteiger partial charge in [-0.3, -0.25) is 14.9 Å².